The van der Waals surface area contributed by atoms with Crippen molar-refractivity contribution in [2.45, 2.75) is 37.2 Å². The molecule has 0 saturated carbocycles. The molecule has 7 heteroatoms. The monoisotopic (exact) mass is 454 g/mol. The van der Waals surface area contributed by atoms with Gasteiger partial charge in [0.25, 0.3) is 10.0 Å². The lowest BCUT2D eigenvalue weighted by Crippen LogP contribution is -2.47. The third-order valence-electron chi connectivity index (χ3n) is 5.93. The van der Waals surface area contributed by atoms with Crippen LogP contribution in [0.4, 0.5) is 10.1 Å². The Balaban J connectivity index is 1.58. The number of piperidine rings is 1. The van der Waals surface area contributed by atoms with E-state index in [1.165, 1.54) is 28.6 Å². The highest BCUT2D eigenvalue weighted by molar-refractivity contribution is 7.92. The molecule has 1 aliphatic heterocycles. The molecule has 0 aromatic heterocycles. The summed E-state index contributed by atoms with van der Waals surface area (Å²) < 4.78 is 42.3. The molecule has 0 unspecified atom stereocenters. The number of aromatic hydroxyl groups is 1. The van der Waals surface area contributed by atoms with E-state index in [4.69, 9.17) is 0 Å². The zero-order valence-electron chi connectivity index (χ0n) is 18.0. The SMILES string of the molecule is Cc1ccc(S(=O)(=O)N(c2ccc(F)cc2)C2CCN(Cc3ccccc3O)CC2)cc1. The predicted molar refractivity (Wildman–Crippen MR) is 124 cm³/mol. The average molecular weight is 455 g/mol. The van der Waals surface area contributed by atoms with E-state index in [1.807, 2.05) is 19.1 Å². The van der Waals surface area contributed by atoms with E-state index in [0.717, 1.165) is 11.1 Å². The van der Waals surface area contributed by atoms with Gasteiger partial charge in [0.1, 0.15) is 11.6 Å². The van der Waals surface area contributed by atoms with Crippen LogP contribution in [0.15, 0.2) is 77.7 Å². The van der Waals surface area contributed by atoms with Crippen LogP contribution >= 0.6 is 0 Å². The normalized spacial score (nSPS) is 15.6. The van der Waals surface area contributed by atoms with Crippen molar-refractivity contribution in [3.63, 3.8) is 0 Å². The van der Waals surface area contributed by atoms with Crippen molar-refractivity contribution in [1.82, 2.24) is 4.90 Å². The highest BCUT2D eigenvalue weighted by atomic mass is 32.2. The van der Waals surface area contributed by atoms with Crippen molar-refractivity contribution >= 4 is 15.7 Å². The Morgan fingerprint density at radius 1 is 0.969 bits per heavy atom. The molecule has 3 aromatic carbocycles. The standard InChI is InChI=1S/C25H27FN2O3S/c1-19-6-12-24(13-7-19)32(30,31)28(22-10-8-21(26)9-11-22)23-14-16-27(17-15-23)18-20-4-2-3-5-25(20)29/h2-13,23,29H,14-18H2,1H3. The van der Waals surface area contributed by atoms with Gasteiger partial charge in [-0.15, -0.1) is 0 Å². The van der Waals surface area contributed by atoms with Crippen LogP contribution in [0.5, 0.6) is 5.75 Å². The molecule has 1 saturated heterocycles. The Morgan fingerprint density at radius 2 is 1.59 bits per heavy atom. The van der Waals surface area contributed by atoms with E-state index in [2.05, 4.69) is 4.90 Å². The van der Waals surface area contributed by atoms with Crippen LogP contribution in [0, 0.1) is 12.7 Å². The maximum absolute atomic E-state index is 13.6. The Kier molecular flexibility index (Phi) is 6.48. The van der Waals surface area contributed by atoms with E-state index < -0.39 is 15.8 Å². The van der Waals surface area contributed by atoms with Gasteiger partial charge in [-0.3, -0.25) is 9.21 Å². The van der Waals surface area contributed by atoms with Gasteiger partial charge >= 0.3 is 0 Å². The third kappa shape index (κ3) is 4.79. The van der Waals surface area contributed by atoms with Gasteiger partial charge in [0.15, 0.2) is 0 Å². The number of anilines is 1. The summed E-state index contributed by atoms with van der Waals surface area (Å²) in [7, 11) is -3.81. The first-order valence-corrected chi connectivity index (χ1v) is 12.1. The molecule has 1 aliphatic rings. The Hall–Kier alpha value is -2.90. The summed E-state index contributed by atoms with van der Waals surface area (Å²) in [6.45, 7) is 3.91. The summed E-state index contributed by atoms with van der Waals surface area (Å²) in [5.41, 5.74) is 2.30. The van der Waals surface area contributed by atoms with Crippen molar-refractivity contribution < 1.29 is 17.9 Å². The topological polar surface area (TPSA) is 60.9 Å². The second kappa shape index (κ2) is 9.30. The number of hydrogen-bond donors (Lipinski definition) is 1. The number of likely N-dealkylation sites (tertiary alicyclic amines) is 1. The molecule has 0 amide bonds. The number of rotatable bonds is 6. The zero-order valence-corrected chi connectivity index (χ0v) is 18.8. The number of phenolic OH excluding ortho intramolecular Hbond substituents is 1. The van der Waals surface area contributed by atoms with Crippen LogP contribution < -0.4 is 4.31 Å². The maximum Gasteiger partial charge on any atom is 0.264 e. The van der Waals surface area contributed by atoms with Crippen molar-refractivity contribution in [1.29, 1.82) is 0 Å². The van der Waals surface area contributed by atoms with Crippen LogP contribution in [0.25, 0.3) is 0 Å². The minimum absolute atomic E-state index is 0.226. The Labute approximate surface area is 188 Å². The molecule has 4 rings (SSSR count). The summed E-state index contributed by atoms with van der Waals surface area (Å²) in [6.07, 6.45) is 1.27. The fourth-order valence-electron chi connectivity index (χ4n) is 4.16. The molecule has 1 N–H and O–H groups in total. The average Bonchev–Trinajstić information content (AvgIpc) is 2.78. The number of sulfonamides is 1. The fourth-order valence-corrected chi connectivity index (χ4v) is 5.86. The molecule has 3 aromatic rings. The first kappa shape index (κ1) is 22.3. The lowest BCUT2D eigenvalue weighted by Gasteiger charge is -2.39. The first-order valence-electron chi connectivity index (χ1n) is 10.7. The summed E-state index contributed by atoms with van der Waals surface area (Å²) in [5.74, 6) is -0.136. The molecule has 0 spiro atoms. The predicted octanol–water partition coefficient (Wildman–Crippen LogP) is 4.70. The largest absolute Gasteiger partial charge is 0.508 e. The van der Waals surface area contributed by atoms with Gasteiger partial charge in [0.2, 0.25) is 0 Å². The van der Waals surface area contributed by atoms with Gasteiger partial charge in [-0.05, 0) is 62.2 Å². The summed E-state index contributed by atoms with van der Waals surface area (Å²) in [6, 6.07) is 19.4. The summed E-state index contributed by atoms with van der Waals surface area (Å²) in [5, 5.41) is 10.1. The second-order valence-electron chi connectivity index (χ2n) is 8.23. The Morgan fingerprint density at radius 3 is 2.22 bits per heavy atom. The molecule has 0 atom stereocenters. The molecule has 0 bridgehead atoms. The van der Waals surface area contributed by atoms with Crippen LogP contribution in [0.2, 0.25) is 0 Å². The van der Waals surface area contributed by atoms with Gasteiger partial charge < -0.3 is 5.11 Å². The minimum Gasteiger partial charge on any atom is -0.508 e. The quantitative estimate of drug-likeness (QED) is 0.587. The van der Waals surface area contributed by atoms with Gasteiger partial charge in [0.05, 0.1) is 10.6 Å². The van der Waals surface area contributed by atoms with Crippen LogP contribution in [-0.2, 0) is 16.6 Å². The molecule has 1 fully saturated rings. The van der Waals surface area contributed by atoms with Gasteiger partial charge in [-0.25, -0.2) is 12.8 Å². The van der Waals surface area contributed by atoms with E-state index in [9.17, 15) is 17.9 Å². The van der Waals surface area contributed by atoms with Crippen molar-refractivity contribution in [3.8, 4) is 5.75 Å². The second-order valence-corrected chi connectivity index (χ2v) is 10.0. The van der Waals surface area contributed by atoms with Crippen LogP contribution in [0.3, 0.4) is 0 Å². The number of para-hydroxylation sites is 1. The lowest BCUT2D eigenvalue weighted by molar-refractivity contribution is 0.204. The van der Waals surface area contributed by atoms with Gasteiger partial charge in [-0.2, -0.15) is 0 Å². The number of nitrogens with zero attached hydrogens (tertiary/aromatic N) is 2. The van der Waals surface area contributed by atoms with Crippen LogP contribution in [-0.4, -0.2) is 37.6 Å². The third-order valence-corrected chi connectivity index (χ3v) is 7.83. The number of aryl methyl sites for hydroxylation is 1. The minimum atomic E-state index is -3.81. The fraction of sp³-hybridized carbons (Fsp3) is 0.280. The highest BCUT2D eigenvalue weighted by Gasteiger charge is 2.34. The van der Waals surface area contributed by atoms with Gasteiger partial charge in [0, 0.05) is 31.2 Å². The van der Waals surface area contributed by atoms with E-state index in [0.29, 0.717) is 38.2 Å². The molecule has 168 valence electrons. The number of hydrogen-bond acceptors (Lipinski definition) is 4. The number of halogens is 1. The summed E-state index contributed by atoms with van der Waals surface area (Å²) >= 11 is 0. The molecular weight excluding hydrogens is 427 g/mol. The summed E-state index contributed by atoms with van der Waals surface area (Å²) in [4.78, 5) is 2.44. The van der Waals surface area contributed by atoms with E-state index >= 15 is 0 Å². The van der Waals surface area contributed by atoms with E-state index in [-0.39, 0.29) is 16.7 Å². The van der Waals surface area contributed by atoms with Gasteiger partial charge in [-0.1, -0.05) is 35.9 Å². The number of phenols is 1. The maximum atomic E-state index is 13.6. The molecular formula is C25H27FN2O3S. The molecule has 32 heavy (non-hydrogen) atoms. The van der Waals surface area contributed by atoms with Crippen molar-refractivity contribution in [3.05, 3.63) is 89.7 Å². The highest BCUT2D eigenvalue weighted by Crippen LogP contribution is 2.31. The smallest absolute Gasteiger partial charge is 0.264 e. The zero-order chi connectivity index (χ0) is 22.7. The van der Waals surface area contributed by atoms with Crippen molar-refractivity contribution in [2.75, 3.05) is 17.4 Å². The molecule has 0 radical (unpaired) electrons. The Bertz CT molecular complexity index is 1160. The molecule has 0 aliphatic carbocycles. The van der Waals surface area contributed by atoms with Crippen molar-refractivity contribution in [2.24, 2.45) is 0 Å². The number of benzene rings is 3. The lowest BCUT2D eigenvalue weighted by atomic mass is 10.0. The molecule has 5 nitrogen and oxygen atoms in total. The first-order chi connectivity index (χ1) is 15.3. The van der Waals surface area contributed by atoms with Crippen LogP contribution in [0.1, 0.15) is 24.0 Å². The molecule has 1 heterocycles. The van der Waals surface area contributed by atoms with E-state index in [1.54, 1.807) is 36.4 Å².